The zero-order chi connectivity index (χ0) is 16.3. The quantitative estimate of drug-likeness (QED) is 0.835. The Morgan fingerprint density at radius 1 is 1.23 bits per heavy atom. The molecule has 1 saturated heterocycles. The van der Waals surface area contributed by atoms with Crippen LogP contribution in [0.15, 0.2) is 23.1 Å². The van der Waals surface area contributed by atoms with Crippen LogP contribution in [0.2, 0.25) is 0 Å². The molecule has 0 atom stereocenters. The highest BCUT2D eigenvalue weighted by atomic mass is 32.2. The van der Waals surface area contributed by atoms with E-state index in [4.69, 9.17) is 4.74 Å². The van der Waals surface area contributed by atoms with Crippen LogP contribution in [0.1, 0.15) is 19.4 Å². The van der Waals surface area contributed by atoms with Crippen LogP contribution in [0, 0.1) is 6.92 Å². The molecule has 1 aliphatic heterocycles. The molecule has 7 heteroatoms. The van der Waals surface area contributed by atoms with E-state index in [1.165, 1.54) is 11.2 Å². The van der Waals surface area contributed by atoms with Gasteiger partial charge in [-0.2, -0.15) is 4.31 Å². The van der Waals surface area contributed by atoms with Gasteiger partial charge in [0, 0.05) is 33.1 Å². The molecule has 1 fully saturated rings. The molecule has 0 aromatic heterocycles. The second kappa shape index (κ2) is 6.66. The molecular formula is C15H22N2O4S. The molecule has 0 unspecified atom stereocenters. The summed E-state index contributed by atoms with van der Waals surface area (Å²) < 4.78 is 32.3. The molecule has 6 nitrogen and oxygen atoms in total. The van der Waals surface area contributed by atoms with Crippen molar-refractivity contribution in [2.24, 2.45) is 0 Å². The number of nitrogens with zero attached hydrogens (tertiary/aromatic N) is 2. The molecule has 0 saturated carbocycles. The van der Waals surface area contributed by atoms with Crippen LogP contribution in [-0.2, 0) is 14.8 Å². The number of piperazine rings is 1. The highest BCUT2D eigenvalue weighted by molar-refractivity contribution is 7.89. The van der Waals surface area contributed by atoms with Crippen LogP contribution in [-0.4, -0.2) is 56.3 Å². The van der Waals surface area contributed by atoms with Crippen molar-refractivity contribution < 1.29 is 17.9 Å². The van der Waals surface area contributed by atoms with Gasteiger partial charge in [-0.3, -0.25) is 4.79 Å². The van der Waals surface area contributed by atoms with E-state index < -0.39 is 10.0 Å². The Balaban J connectivity index is 2.19. The van der Waals surface area contributed by atoms with E-state index >= 15 is 0 Å². The number of hydrogen-bond donors (Lipinski definition) is 0. The fourth-order valence-electron chi connectivity index (χ4n) is 2.55. The van der Waals surface area contributed by atoms with Crippen LogP contribution in [0.3, 0.4) is 0 Å². The van der Waals surface area contributed by atoms with Gasteiger partial charge in [0.05, 0.1) is 11.5 Å². The predicted octanol–water partition coefficient (Wildman–Crippen LogP) is 1.25. The van der Waals surface area contributed by atoms with Crippen molar-refractivity contribution >= 4 is 15.9 Å². The summed E-state index contributed by atoms with van der Waals surface area (Å²) in [7, 11) is -3.53. The van der Waals surface area contributed by atoms with Gasteiger partial charge < -0.3 is 9.64 Å². The molecule has 0 bridgehead atoms. The molecule has 0 aliphatic carbocycles. The summed E-state index contributed by atoms with van der Waals surface area (Å²) in [6, 6.07) is 5.00. The lowest BCUT2D eigenvalue weighted by Gasteiger charge is -2.33. The number of hydrogen-bond acceptors (Lipinski definition) is 4. The lowest BCUT2D eigenvalue weighted by atomic mass is 10.2. The molecule has 22 heavy (non-hydrogen) atoms. The molecular weight excluding hydrogens is 304 g/mol. The van der Waals surface area contributed by atoms with Crippen molar-refractivity contribution in [2.75, 3.05) is 32.8 Å². The van der Waals surface area contributed by atoms with Gasteiger partial charge in [0.2, 0.25) is 15.9 Å². The van der Waals surface area contributed by atoms with Crippen molar-refractivity contribution in [2.45, 2.75) is 25.7 Å². The van der Waals surface area contributed by atoms with Gasteiger partial charge in [0.15, 0.2) is 0 Å². The molecule has 1 amide bonds. The predicted molar refractivity (Wildman–Crippen MR) is 83.4 cm³/mol. The van der Waals surface area contributed by atoms with Crippen molar-refractivity contribution in [3.8, 4) is 5.75 Å². The fraction of sp³-hybridized carbons (Fsp3) is 0.533. The molecule has 122 valence electrons. The van der Waals surface area contributed by atoms with Crippen molar-refractivity contribution in [1.82, 2.24) is 9.21 Å². The molecule has 2 rings (SSSR count). The summed E-state index contributed by atoms with van der Waals surface area (Å²) in [6.07, 6.45) is 0. The topological polar surface area (TPSA) is 66.9 Å². The number of carbonyl (C=O) groups is 1. The minimum absolute atomic E-state index is 0.0192. The molecule has 0 spiro atoms. The number of sulfonamides is 1. The average molecular weight is 326 g/mol. The monoisotopic (exact) mass is 326 g/mol. The number of rotatable bonds is 4. The molecule has 0 radical (unpaired) electrons. The normalized spacial score (nSPS) is 16.6. The fourth-order valence-corrected chi connectivity index (χ4v) is 4.18. The van der Waals surface area contributed by atoms with Crippen LogP contribution < -0.4 is 4.74 Å². The van der Waals surface area contributed by atoms with Crippen molar-refractivity contribution in [1.29, 1.82) is 0 Å². The van der Waals surface area contributed by atoms with E-state index in [2.05, 4.69) is 0 Å². The third kappa shape index (κ3) is 3.41. The Labute approximate surface area is 131 Å². The lowest BCUT2D eigenvalue weighted by molar-refractivity contribution is -0.129. The first-order chi connectivity index (χ1) is 10.4. The summed E-state index contributed by atoms with van der Waals surface area (Å²) in [5, 5.41) is 0. The van der Waals surface area contributed by atoms with Gasteiger partial charge in [-0.1, -0.05) is 0 Å². The molecule has 1 aliphatic rings. The maximum absolute atomic E-state index is 12.7. The van der Waals surface area contributed by atoms with Crippen LogP contribution in [0.5, 0.6) is 5.75 Å². The van der Waals surface area contributed by atoms with Gasteiger partial charge >= 0.3 is 0 Å². The Morgan fingerprint density at radius 3 is 2.36 bits per heavy atom. The first-order valence-electron chi connectivity index (χ1n) is 7.35. The second-order valence-corrected chi connectivity index (χ2v) is 7.18. The highest BCUT2D eigenvalue weighted by Crippen LogP contribution is 2.25. The maximum atomic E-state index is 12.7. The number of aryl methyl sites for hydroxylation is 1. The zero-order valence-corrected chi connectivity index (χ0v) is 14.0. The van der Waals surface area contributed by atoms with E-state index in [1.807, 2.05) is 6.92 Å². The molecule has 1 aromatic carbocycles. The first-order valence-corrected chi connectivity index (χ1v) is 8.79. The second-order valence-electron chi connectivity index (χ2n) is 5.27. The maximum Gasteiger partial charge on any atom is 0.243 e. The largest absolute Gasteiger partial charge is 0.494 e. The zero-order valence-electron chi connectivity index (χ0n) is 13.2. The van der Waals surface area contributed by atoms with Gasteiger partial charge in [-0.05, 0) is 37.6 Å². The number of carbonyl (C=O) groups excluding carboxylic acids is 1. The summed E-state index contributed by atoms with van der Waals surface area (Å²) in [5.41, 5.74) is 0.667. The summed E-state index contributed by atoms with van der Waals surface area (Å²) >= 11 is 0. The standard InChI is InChI=1S/C15H22N2O4S/c1-4-21-14-5-6-15(12(2)11-14)22(19,20)17-9-7-16(8-10-17)13(3)18/h5-6,11H,4,7-10H2,1-3H3. The number of ether oxygens (including phenoxy) is 1. The van der Waals surface area contributed by atoms with E-state index in [1.54, 1.807) is 30.0 Å². The Kier molecular flexibility index (Phi) is 5.08. The van der Waals surface area contributed by atoms with E-state index in [0.717, 1.165) is 0 Å². The molecule has 1 aromatic rings. The van der Waals surface area contributed by atoms with E-state index in [9.17, 15) is 13.2 Å². The van der Waals surface area contributed by atoms with Crippen molar-refractivity contribution in [3.05, 3.63) is 23.8 Å². The molecule has 0 N–H and O–H groups in total. The summed E-state index contributed by atoms with van der Waals surface area (Å²) in [4.78, 5) is 13.3. The minimum Gasteiger partial charge on any atom is -0.494 e. The van der Waals surface area contributed by atoms with E-state index in [0.29, 0.717) is 49.0 Å². The van der Waals surface area contributed by atoms with Gasteiger partial charge in [-0.15, -0.1) is 0 Å². The Hall–Kier alpha value is -1.60. The van der Waals surface area contributed by atoms with Gasteiger partial charge in [0.25, 0.3) is 0 Å². The van der Waals surface area contributed by atoms with E-state index in [-0.39, 0.29) is 5.91 Å². The summed E-state index contributed by atoms with van der Waals surface area (Å²) in [5.74, 6) is 0.648. The number of amides is 1. The van der Waals surface area contributed by atoms with Gasteiger partial charge in [-0.25, -0.2) is 8.42 Å². The SMILES string of the molecule is CCOc1ccc(S(=O)(=O)N2CCN(C(C)=O)CC2)c(C)c1. The van der Waals surface area contributed by atoms with Crippen molar-refractivity contribution in [3.63, 3.8) is 0 Å². The Bertz CT molecular complexity index is 650. The third-order valence-electron chi connectivity index (χ3n) is 3.76. The average Bonchev–Trinajstić information content (AvgIpc) is 2.47. The minimum atomic E-state index is -3.53. The summed E-state index contributed by atoms with van der Waals surface area (Å²) in [6.45, 7) is 7.22. The van der Waals surface area contributed by atoms with Crippen LogP contribution >= 0.6 is 0 Å². The van der Waals surface area contributed by atoms with Crippen LogP contribution in [0.4, 0.5) is 0 Å². The Morgan fingerprint density at radius 2 is 1.86 bits per heavy atom. The third-order valence-corrected chi connectivity index (χ3v) is 5.82. The van der Waals surface area contributed by atoms with Gasteiger partial charge in [0.1, 0.15) is 5.75 Å². The van der Waals surface area contributed by atoms with Crippen LogP contribution in [0.25, 0.3) is 0 Å². The number of benzene rings is 1. The first kappa shape index (κ1) is 16.8. The molecule has 1 heterocycles. The smallest absolute Gasteiger partial charge is 0.243 e. The lowest BCUT2D eigenvalue weighted by Crippen LogP contribution is -2.50. The highest BCUT2D eigenvalue weighted by Gasteiger charge is 2.30.